The molecule has 0 spiro atoms. The summed E-state index contributed by atoms with van der Waals surface area (Å²) in [5.74, 6) is -0.123. The van der Waals surface area contributed by atoms with Crippen molar-refractivity contribution in [1.29, 1.82) is 0 Å². The number of likely N-dealkylation sites (tertiary alicyclic amines) is 1. The van der Waals surface area contributed by atoms with Gasteiger partial charge in [0.05, 0.1) is 5.41 Å². The third-order valence-electron chi connectivity index (χ3n) is 4.96. The first-order chi connectivity index (χ1) is 9.32. The van der Waals surface area contributed by atoms with E-state index >= 15 is 0 Å². The van der Waals surface area contributed by atoms with E-state index in [0.29, 0.717) is 12.5 Å². The van der Waals surface area contributed by atoms with Crippen LogP contribution in [0.5, 0.6) is 0 Å². The molecule has 0 aromatic heterocycles. The van der Waals surface area contributed by atoms with E-state index in [9.17, 15) is 14.7 Å². The summed E-state index contributed by atoms with van der Waals surface area (Å²) in [6.07, 6.45) is 4.17. The van der Waals surface area contributed by atoms with Gasteiger partial charge in [-0.25, -0.2) is 4.79 Å². The van der Waals surface area contributed by atoms with Crippen molar-refractivity contribution in [2.24, 2.45) is 17.3 Å². The lowest BCUT2D eigenvalue weighted by Gasteiger charge is -2.39. The number of hydrogen-bond acceptors (Lipinski definition) is 2. The van der Waals surface area contributed by atoms with Crippen molar-refractivity contribution in [2.75, 3.05) is 13.1 Å². The first-order valence-electron chi connectivity index (χ1n) is 7.61. The van der Waals surface area contributed by atoms with Crippen molar-refractivity contribution in [2.45, 2.75) is 52.5 Å². The molecule has 5 nitrogen and oxygen atoms in total. The maximum absolute atomic E-state index is 12.3. The van der Waals surface area contributed by atoms with Crippen molar-refractivity contribution in [3.8, 4) is 0 Å². The van der Waals surface area contributed by atoms with Gasteiger partial charge in [0.1, 0.15) is 0 Å². The van der Waals surface area contributed by atoms with Crippen LogP contribution in [0.2, 0.25) is 0 Å². The number of rotatable bonds is 4. The topological polar surface area (TPSA) is 69.6 Å². The van der Waals surface area contributed by atoms with Crippen LogP contribution in [0, 0.1) is 17.3 Å². The normalized spacial score (nSPS) is 25.1. The molecule has 0 aromatic rings. The fraction of sp³-hybridized carbons (Fsp3) is 0.867. The number of piperidine rings is 1. The number of carbonyl (C=O) groups excluding carboxylic acids is 1. The maximum atomic E-state index is 12.3. The molecule has 2 N–H and O–H groups in total. The minimum absolute atomic E-state index is 0.0238. The molecule has 1 aliphatic heterocycles. The second-order valence-electron chi connectivity index (χ2n) is 6.89. The first-order valence-corrected chi connectivity index (χ1v) is 7.61. The maximum Gasteiger partial charge on any atom is 0.317 e. The van der Waals surface area contributed by atoms with Gasteiger partial charge < -0.3 is 15.3 Å². The quantitative estimate of drug-likeness (QED) is 0.831. The van der Waals surface area contributed by atoms with Crippen molar-refractivity contribution in [3.63, 3.8) is 0 Å². The van der Waals surface area contributed by atoms with Crippen molar-refractivity contribution in [1.82, 2.24) is 10.2 Å². The van der Waals surface area contributed by atoms with Crippen LogP contribution in [0.4, 0.5) is 4.79 Å². The molecule has 1 heterocycles. The predicted molar refractivity (Wildman–Crippen MR) is 76.4 cm³/mol. The van der Waals surface area contributed by atoms with E-state index in [4.69, 9.17) is 0 Å². The summed E-state index contributed by atoms with van der Waals surface area (Å²) in [6, 6.07) is 0.200. The van der Waals surface area contributed by atoms with Crippen LogP contribution in [-0.4, -0.2) is 41.1 Å². The summed E-state index contributed by atoms with van der Waals surface area (Å²) in [5, 5.41) is 12.4. The van der Waals surface area contributed by atoms with Gasteiger partial charge in [0.25, 0.3) is 0 Å². The van der Waals surface area contributed by atoms with Crippen molar-refractivity contribution >= 4 is 12.0 Å². The van der Waals surface area contributed by atoms with Gasteiger partial charge in [-0.2, -0.15) is 0 Å². The van der Waals surface area contributed by atoms with Crippen molar-refractivity contribution < 1.29 is 14.7 Å². The van der Waals surface area contributed by atoms with Crippen LogP contribution in [0.1, 0.15) is 46.5 Å². The summed E-state index contributed by atoms with van der Waals surface area (Å²) in [7, 11) is 0. The number of carbonyl (C=O) groups is 2. The van der Waals surface area contributed by atoms with Gasteiger partial charge >= 0.3 is 12.0 Å². The zero-order valence-corrected chi connectivity index (χ0v) is 12.7. The standard InChI is InChI=1S/C15H26N2O3/c1-10(11-6-7-11)16-14(20)17-8-4-5-12(9-17)15(2,3)13(18)19/h10-12H,4-9H2,1-3H3,(H,16,20)(H,18,19). The van der Waals surface area contributed by atoms with E-state index in [1.165, 1.54) is 12.8 Å². The van der Waals surface area contributed by atoms with Gasteiger partial charge in [-0.15, -0.1) is 0 Å². The number of urea groups is 1. The highest BCUT2D eigenvalue weighted by molar-refractivity contribution is 5.76. The molecule has 2 rings (SSSR count). The Bertz CT molecular complexity index is 391. The number of aliphatic carboxylic acids is 1. The zero-order chi connectivity index (χ0) is 14.9. The summed E-state index contributed by atoms with van der Waals surface area (Å²) < 4.78 is 0. The Kier molecular flexibility index (Phi) is 4.25. The van der Waals surface area contributed by atoms with Crippen molar-refractivity contribution in [3.05, 3.63) is 0 Å². The Balaban J connectivity index is 1.92. The van der Waals surface area contributed by atoms with Crippen LogP contribution in [-0.2, 0) is 4.79 Å². The molecule has 2 fully saturated rings. The fourth-order valence-electron chi connectivity index (χ4n) is 2.93. The molecule has 20 heavy (non-hydrogen) atoms. The molecule has 2 unspecified atom stereocenters. The number of nitrogens with zero attached hydrogens (tertiary/aromatic N) is 1. The third-order valence-corrected chi connectivity index (χ3v) is 4.96. The molecule has 5 heteroatoms. The SMILES string of the molecule is CC(NC(=O)N1CCCC(C(C)(C)C(=O)O)C1)C1CC1. The summed E-state index contributed by atoms with van der Waals surface area (Å²) in [6.45, 7) is 6.85. The van der Waals surface area contributed by atoms with Gasteiger partial charge in [-0.1, -0.05) is 0 Å². The number of amides is 2. The highest BCUT2D eigenvalue weighted by atomic mass is 16.4. The molecule has 2 atom stereocenters. The van der Waals surface area contributed by atoms with Crippen LogP contribution >= 0.6 is 0 Å². The van der Waals surface area contributed by atoms with Gasteiger partial charge in [0.2, 0.25) is 0 Å². The third kappa shape index (κ3) is 3.25. The Hall–Kier alpha value is -1.26. The lowest BCUT2D eigenvalue weighted by atomic mass is 9.74. The monoisotopic (exact) mass is 282 g/mol. The summed E-state index contributed by atoms with van der Waals surface area (Å²) in [4.78, 5) is 25.4. The average Bonchev–Trinajstić information content (AvgIpc) is 3.22. The Labute approximate surface area is 120 Å². The molecule has 2 aliphatic rings. The number of nitrogens with one attached hydrogen (secondary N) is 1. The van der Waals surface area contributed by atoms with E-state index in [1.807, 2.05) is 0 Å². The molecule has 0 radical (unpaired) electrons. The molecule has 1 aliphatic carbocycles. The molecular formula is C15H26N2O3. The van der Waals surface area contributed by atoms with E-state index in [1.54, 1.807) is 18.7 Å². The smallest absolute Gasteiger partial charge is 0.317 e. The Morgan fingerprint density at radius 3 is 2.50 bits per heavy atom. The summed E-state index contributed by atoms with van der Waals surface area (Å²) >= 11 is 0. The molecule has 2 amide bonds. The molecule has 0 bridgehead atoms. The zero-order valence-electron chi connectivity index (χ0n) is 12.7. The minimum Gasteiger partial charge on any atom is -0.481 e. The summed E-state index contributed by atoms with van der Waals surface area (Å²) in [5.41, 5.74) is -0.777. The highest BCUT2D eigenvalue weighted by Gasteiger charge is 2.40. The molecular weight excluding hydrogens is 256 g/mol. The second-order valence-corrected chi connectivity index (χ2v) is 6.89. The fourth-order valence-corrected chi connectivity index (χ4v) is 2.93. The van der Waals surface area contributed by atoms with Crippen LogP contribution in [0.15, 0.2) is 0 Å². The minimum atomic E-state index is -0.781. The van der Waals surface area contributed by atoms with E-state index in [-0.39, 0.29) is 18.0 Å². The highest BCUT2D eigenvalue weighted by Crippen LogP contribution is 2.35. The van der Waals surface area contributed by atoms with Crippen LogP contribution in [0.3, 0.4) is 0 Å². The van der Waals surface area contributed by atoms with Gasteiger partial charge in [-0.05, 0) is 58.3 Å². The van der Waals surface area contributed by atoms with E-state index < -0.39 is 11.4 Å². The van der Waals surface area contributed by atoms with Gasteiger partial charge in [0.15, 0.2) is 0 Å². The molecule has 0 aromatic carbocycles. The number of hydrogen-bond donors (Lipinski definition) is 2. The van der Waals surface area contributed by atoms with E-state index in [2.05, 4.69) is 12.2 Å². The molecule has 1 saturated carbocycles. The molecule has 1 saturated heterocycles. The second kappa shape index (κ2) is 5.62. The Morgan fingerprint density at radius 1 is 1.30 bits per heavy atom. The lowest BCUT2D eigenvalue weighted by molar-refractivity contribution is -0.151. The van der Waals surface area contributed by atoms with Crippen LogP contribution in [0.25, 0.3) is 0 Å². The first kappa shape index (κ1) is 15.1. The lowest BCUT2D eigenvalue weighted by Crippen LogP contribution is -2.51. The molecule has 114 valence electrons. The number of carboxylic acid groups (broad SMARTS) is 1. The van der Waals surface area contributed by atoms with Gasteiger partial charge in [-0.3, -0.25) is 4.79 Å². The largest absolute Gasteiger partial charge is 0.481 e. The number of carboxylic acids is 1. The predicted octanol–water partition coefficient (Wildman–Crippen LogP) is 2.32. The van der Waals surface area contributed by atoms with Crippen LogP contribution < -0.4 is 5.32 Å². The van der Waals surface area contributed by atoms with E-state index in [0.717, 1.165) is 19.4 Å². The Morgan fingerprint density at radius 2 is 1.95 bits per heavy atom. The van der Waals surface area contributed by atoms with Gasteiger partial charge in [0, 0.05) is 19.1 Å². The average molecular weight is 282 g/mol.